The minimum absolute atomic E-state index is 0.102. The van der Waals surface area contributed by atoms with E-state index < -0.39 is 27.7 Å². The molecule has 2 aromatic rings. The molecule has 1 aliphatic rings. The molecule has 1 atom stereocenters. The van der Waals surface area contributed by atoms with Gasteiger partial charge in [-0.2, -0.15) is 0 Å². The molecule has 0 aromatic heterocycles. The van der Waals surface area contributed by atoms with E-state index >= 15 is 0 Å². The van der Waals surface area contributed by atoms with Crippen molar-refractivity contribution in [2.75, 3.05) is 25.0 Å². The average Bonchev–Trinajstić information content (AvgIpc) is 2.95. The van der Waals surface area contributed by atoms with Gasteiger partial charge in [0.25, 0.3) is 0 Å². The molecule has 0 radical (unpaired) electrons. The number of sulfonamides is 1. The van der Waals surface area contributed by atoms with Gasteiger partial charge in [0.1, 0.15) is 5.82 Å². The van der Waals surface area contributed by atoms with Crippen LogP contribution in [0.1, 0.15) is 22.8 Å². The van der Waals surface area contributed by atoms with Crippen molar-refractivity contribution in [3.8, 4) is 0 Å². The Morgan fingerprint density at radius 3 is 2.80 bits per heavy atom. The zero-order valence-electron chi connectivity index (χ0n) is 13.9. The maximum Gasteiger partial charge on any atom is 0.215 e. The highest BCUT2D eigenvalue weighted by Crippen LogP contribution is 2.29. The number of halogens is 1. The van der Waals surface area contributed by atoms with Gasteiger partial charge in [0.2, 0.25) is 10.0 Å². The largest absolute Gasteiger partial charge is 0.387 e. The number of benzene rings is 2. The van der Waals surface area contributed by atoms with E-state index in [0.29, 0.717) is 5.56 Å². The smallest absolute Gasteiger partial charge is 0.215 e. The van der Waals surface area contributed by atoms with Gasteiger partial charge in [0, 0.05) is 31.4 Å². The molecule has 0 aliphatic carbocycles. The fourth-order valence-electron chi connectivity index (χ4n) is 2.99. The normalized spacial score (nSPS) is 15.2. The number of fused-ring (bicyclic) bond motifs is 1. The molecule has 1 aliphatic heterocycles. The van der Waals surface area contributed by atoms with E-state index in [-0.39, 0.29) is 12.1 Å². The Hall–Kier alpha value is -1.96. The summed E-state index contributed by atoms with van der Waals surface area (Å²) in [5, 5.41) is 10.3. The predicted molar refractivity (Wildman–Crippen MR) is 95.4 cm³/mol. The van der Waals surface area contributed by atoms with Crippen molar-refractivity contribution >= 4 is 15.7 Å². The molecule has 0 fully saturated rings. The van der Waals surface area contributed by atoms with Crippen LogP contribution in [0, 0.1) is 5.82 Å². The van der Waals surface area contributed by atoms with Crippen molar-refractivity contribution in [1.29, 1.82) is 0 Å². The Morgan fingerprint density at radius 2 is 2.04 bits per heavy atom. The minimum Gasteiger partial charge on any atom is -0.387 e. The second-order valence-corrected chi connectivity index (χ2v) is 8.08. The van der Waals surface area contributed by atoms with Gasteiger partial charge in [-0.25, -0.2) is 17.5 Å². The van der Waals surface area contributed by atoms with Gasteiger partial charge in [-0.1, -0.05) is 30.3 Å². The van der Waals surface area contributed by atoms with E-state index in [2.05, 4.69) is 9.62 Å². The van der Waals surface area contributed by atoms with Crippen LogP contribution >= 0.6 is 0 Å². The molecule has 25 heavy (non-hydrogen) atoms. The van der Waals surface area contributed by atoms with E-state index in [4.69, 9.17) is 0 Å². The van der Waals surface area contributed by atoms with Gasteiger partial charge in [-0.3, -0.25) is 0 Å². The second kappa shape index (κ2) is 7.11. The number of nitrogens with one attached hydrogen (secondary N) is 1. The van der Waals surface area contributed by atoms with Crippen molar-refractivity contribution in [3.05, 3.63) is 65.0 Å². The van der Waals surface area contributed by atoms with Gasteiger partial charge < -0.3 is 10.0 Å². The molecule has 3 rings (SSSR count). The van der Waals surface area contributed by atoms with Gasteiger partial charge in [0.05, 0.1) is 11.9 Å². The highest BCUT2D eigenvalue weighted by atomic mass is 32.2. The summed E-state index contributed by atoms with van der Waals surface area (Å²) in [6, 6.07) is 11.4. The summed E-state index contributed by atoms with van der Waals surface area (Å²) in [4.78, 5) is 2.14. The average molecular weight is 364 g/mol. The number of aliphatic hydroxyl groups is 1. The van der Waals surface area contributed by atoms with Gasteiger partial charge in [0.15, 0.2) is 0 Å². The number of likely N-dealkylation sites (N-methyl/N-ethyl adjacent to an activating group) is 1. The van der Waals surface area contributed by atoms with Crippen molar-refractivity contribution in [2.45, 2.75) is 18.3 Å². The van der Waals surface area contributed by atoms with Crippen molar-refractivity contribution in [3.63, 3.8) is 0 Å². The molecule has 0 saturated carbocycles. The number of anilines is 1. The van der Waals surface area contributed by atoms with Crippen LogP contribution < -0.4 is 9.62 Å². The molecule has 1 heterocycles. The fourth-order valence-corrected chi connectivity index (χ4v) is 4.15. The third-order valence-corrected chi connectivity index (χ3v) is 5.71. The van der Waals surface area contributed by atoms with Crippen molar-refractivity contribution in [1.82, 2.24) is 4.72 Å². The maximum absolute atomic E-state index is 13.6. The lowest BCUT2D eigenvalue weighted by atomic mass is 10.0. The Morgan fingerprint density at radius 1 is 1.28 bits per heavy atom. The third-order valence-electron chi connectivity index (χ3n) is 4.42. The van der Waals surface area contributed by atoms with Crippen LogP contribution in [-0.2, 0) is 22.2 Å². The zero-order valence-corrected chi connectivity index (χ0v) is 14.8. The molecule has 134 valence electrons. The predicted octanol–water partition coefficient (Wildman–Crippen LogP) is 1.97. The van der Waals surface area contributed by atoms with Crippen LogP contribution in [0.2, 0.25) is 0 Å². The highest BCUT2D eigenvalue weighted by Gasteiger charge is 2.20. The highest BCUT2D eigenvalue weighted by molar-refractivity contribution is 7.88. The molecular formula is C18H21FN2O3S. The summed E-state index contributed by atoms with van der Waals surface area (Å²) in [6.45, 7) is 0.787. The SMILES string of the molecule is CN1CCc2cc(C(O)CNS(=O)(=O)Cc3ccccc3F)ccc21. The Labute approximate surface area is 147 Å². The lowest BCUT2D eigenvalue weighted by Gasteiger charge is -2.16. The van der Waals surface area contributed by atoms with Crippen LogP contribution in [-0.4, -0.2) is 33.7 Å². The van der Waals surface area contributed by atoms with E-state index in [1.165, 1.54) is 18.2 Å². The first-order valence-corrected chi connectivity index (χ1v) is 9.74. The Balaban J connectivity index is 1.64. The topological polar surface area (TPSA) is 69.6 Å². The standard InChI is InChI=1S/C18H21FN2O3S/c1-21-9-8-13-10-14(6-7-17(13)21)18(22)11-20-25(23,24)12-15-4-2-3-5-16(15)19/h2-7,10,18,20,22H,8-9,11-12H2,1H3. The first-order valence-electron chi connectivity index (χ1n) is 8.08. The van der Waals surface area contributed by atoms with E-state index in [1.807, 2.05) is 19.2 Å². The minimum atomic E-state index is -3.74. The van der Waals surface area contributed by atoms with Crippen LogP contribution in [0.4, 0.5) is 10.1 Å². The zero-order chi connectivity index (χ0) is 18.0. The Bertz CT molecular complexity index is 870. The van der Waals surface area contributed by atoms with E-state index in [9.17, 15) is 17.9 Å². The molecule has 0 amide bonds. The van der Waals surface area contributed by atoms with Crippen LogP contribution in [0.15, 0.2) is 42.5 Å². The summed E-state index contributed by atoms with van der Waals surface area (Å²) in [7, 11) is -1.73. The van der Waals surface area contributed by atoms with Gasteiger partial charge in [-0.05, 0) is 29.7 Å². The fraction of sp³-hybridized carbons (Fsp3) is 0.333. The summed E-state index contributed by atoms with van der Waals surface area (Å²) in [6.07, 6.45) is -0.0441. The summed E-state index contributed by atoms with van der Waals surface area (Å²) in [5.74, 6) is -1.02. The van der Waals surface area contributed by atoms with Crippen LogP contribution in [0.3, 0.4) is 0 Å². The van der Waals surface area contributed by atoms with Crippen LogP contribution in [0.5, 0.6) is 0 Å². The first kappa shape index (κ1) is 17.8. The quantitative estimate of drug-likeness (QED) is 0.822. The molecule has 1 unspecified atom stereocenters. The maximum atomic E-state index is 13.6. The molecule has 5 nitrogen and oxygen atoms in total. The molecule has 7 heteroatoms. The van der Waals surface area contributed by atoms with Gasteiger partial charge >= 0.3 is 0 Å². The van der Waals surface area contributed by atoms with E-state index in [0.717, 1.165) is 24.2 Å². The Kier molecular flexibility index (Phi) is 5.08. The lowest BCUT2D eigenvalue weighted by molar-refractivity contribution is 0.182. The lowest BCUT2D eigenvalue weighted by Crippen LogP contribution is -2.29. The van der Waals surface area contributed by atoms with Crippen LogP contribution in [0.25, 0.3) is 0 Å². The van der Waals surface area contributed by atoms with E-state index in [1.54, 1.807) is 12.1 Å². The molecule has 0 spiro atoms. The molecule has 2 N–H and O–H groups in total. The summed E-state index contributed by atoms with van der Waals surface area (Å²) >= 11 is 0. The monoisotopic (exact) mass is 364 g/mol. The summed E-state index contributed by atoms with van der Waals surface area (Å²) in [5.41, 5.74) is 3.05. The molecule has 2 aromatic carbocycles. The van der Waals surface area contributed by atoms with Crippen molar-refractivity contribution in [2.24, 2.45) is 0 Å². The third kappa shape index (κ3) is 4.18. The number of rotatable bonds is 6. The van der Waals surface area contributed by atoms with Gasteiger partial charge in [-0.15, -0.1) is 0 Å². The molecule has 0 bridgehead atoms. The number of hydrogen-bond acceptors (Lipinski definition) is 4. The number of hydrogen-bond donors (Lipinski definition) is 2. The number of nitrogens with zero attached hydrogens (tertiary/aromatic N) is 1. The summed E-state index contributed by atoms with van der Waals surface area (Å²) < 4.78 is 40.2. The molecular weight excluding hydrogens is 343 g/mol. The first-order chi connectivity index (χ1) is 11.9. The molecule has 0 saturated heterocycles. The number of aliphatic hydroxyl groups excluding tert-OH is 1. The van der Waals surface area contributed by atoms with Crippen molar-refractivity contribution < 1.29 is 17.9 Å². The second-order valence-electron chi connectivity index (χ2n) is 6.27.